The first-order valence-corrected chi connectivity index (χ1v) is 35.8. The zero-order valence-corrected chi connectivity index (χ0v) is 53.7. The van der Waals surface area contributed by atoms with Gasteiger partial charge in [-0.2, -0.15) is 53.4 Å². The van der Waals surface area contributed by atoms with Gasteiger partial charge >= 0.3 is 0 Å². The van der Waals surface area contributed by atoms with Crippen molar-refractivity contribution >= 4 is 125 Å². The minimum atomic E-state index is -3.53. The molecule has 0 saturated heterocycles. The summed E-state index contributed by atoms with van der Waals surface area (Å²) in [4.78, 5) is 89.0. The second-order valence-corrected chi connectivity index (χ2v) is 28.2. The highest BCUT2D eigenvalue weighted by Crippen LogP contribution is 2.45. The third-order valence-electron chi connectivity index (χ3n) is 15.0. The molecule has 0 amide bonds. The fourth-order valence-electron chi connectivity index (χ4n) is 10.3. The van der Waals surface area contributed by atoms with Crippen molar-refractivity contribution in [1.29, 1.82) is 0 Å². The lowest BCUT2D eigenvalue weighted by molar-refractivity contribution is 0.0978. The largest absolute Gasteiger partial charge is 0.354 e. The lowest BCUT2D eigenvalue weighted by Crippen LogP contribution is -2.25. The van der Waals surface area contributed by atoms with E-state index in [0.29, 0.717) is 36.0 Å². The van der Waals surface area contributed by atoms with Gasteiger partial charge in [0.05, 0.1) is 43.8 Å². The van der Waals surface area contributed by atoms with Crippen LogP contribution in [0.1, 0.15) is 143 Å². The van der Waals surface area contributed by atoms with Crippen molar-refractivity contribution in [3.63, 3.8) is 0 Å². The predicted octanol–water partition coefficient (Wildman–Crippen LogP) is 13.3. The van der Waals surface area contributed by atoms with E-state index in [9.17, 15) is 16.8 Å². The summed E-state index contributed by atoms with van der Waals surface area (Å²) in [6.07, 6.45) is 7.51. The standard InChI is InChI=1S/C66H70N12O8S4/c1-5-9-33-67-61-73-63(69-41-21-25-43(26-22-41)89(83,84)39-37-87-35-11-7-3)77-65(75-61)71-51-31-29-45(53-55(51)59(81)49-19-15-13-17-47(49)57(53)79)46-30-32-52(56-54(46)58(80)48-18-14-16-20-50(48)60(56)82)72-66-76-62(68-34-10-6-2)74-64(78-66)70-42-23-27-44(28-24-42)90(85,86)40-38-88-36-12-8-4/h13-32H,5-12,33-40H2,1-4H3,(H3,67,69,71,73,75,77)(H3,68,70,72,74,76,78). The molecule has 0 unspecified atom stereocenters. The van der Waals surface area contributed by atoms with Crippen molar-refractivity contribution in [3.05, 3.63) is 166 Å². The number of benzene rings is 6. The first-order chi connectivity index (χ1) is 43.6. The molecule has 0 fully saturated rings. The number of nitrogens with one attached hydrogen (secondary N) is 6. The summed E-state index contributed by atoms with van der Waals surface area (Å²) < 4.78 is 52.9. The molecule has 2 aromatic heterocycles. The molecule has 8 aromatic rings. The van der Waals surface area contributed by atoms with E-state index in [1.54, 1.807) is 121 Å². The highest BCUT2D eigenvalue weighted by Gasteiger charge is 2.39. The van der Waals surface area contributed by atoms with E-state index in [4.69, 9.17) is 0 Å². The van der Waals surface area contributed by atoms with Gasteiger partial charge in [0.25, 0.3) is 0 Å². The Kier molecular flexibility index (Phi) is 21.0. The number of carbonyl (C=O) groups is 4. The number of aromatic nitrogens is 6. The van der Waals surface area contributed by atoms with Crippen LogP contribution in [0.3, 0.4) is 0 Å². The minimum Gasteiger partial charge on any atom is -0.354 e. The number of hydrogen-bond acceptors (Lipinski definition) is 22. The van der Waals surface area contributed by atoms with Crippen LogP contribution in [0.25, 0.3) is 11.1 Å². The van der Waals surface area contributed by atoms with Crippen LogP contribution in [-0.2, 0) is 19.7 Å². The summed E-state index contributed by atoms with van der Waals surface area (Å²) in [6, 6.07) is 32.1. The number of unbranched alkanes of at least 4 members (excludes halogenated alkanes) is 4. The lowest BCUT2D eigenvalue weighted by atomic mass is 9.75. The highest BCUT2D eigenvalue weighted by molar-refractivity contribution is 8.01. The van der Waals surface area contributed by atoms with E-state index in [2.05, 4.69) is 75.7 Å². The molecule has 90 heavy (non-hydrogen) atoms. The third-order valence-corrected chi connectivity index (χ3v) is 21.2. The molecule has 20 nitrogen and oxygen atoms in total. The SMILES string of the molecule is CCCCNc1nc(Nc2ccc(S(=O)(=O)CCSCCCC)cc2)nc(Nc2ccc(-c3ccc(Nc4nc(NCCCC)nc(Nc5ccc(S(=O)(=O)CCSCCCC)cc5)n4)c4c3C(=O)c3ccccc3C4=O)c3c2C(=O)c2ccccc2C3=O)n1. The molecule has 0 aliphatic heterocycles. The number of carbonyl (C=O) groups excluding carboxylic acids is 4. The summed E-state index contributed by atoms with van der Waals surface area (Å²) in [5.74, 6) is 1.40. The molecule has 2 heterocycles. The Balaban J connectivity index is 1.02. The maximum Gasteiger partial charge on any atom is 0.233 e. The zero-order valence-electron chi connectivity index (χ0n) is 50.4. The maximum absolute atomic E-state index is 15.2. The molecular weight excluding hydrogens is 1220 g/mol. The second-order valence-electron chi connectivity index (χ2n) is 21.5. The summed E-state index contributed by atoms with van der Waals surface area (Å²) in [5, 5.41) is 19.3. The number of sulfone groups is 2. The van der Waals surface area contributed by atoms with Crippen LogP contribution in [0, 0.1) is 0 Å². The van der Waals surface area contributed by atoms with Crippen LogP contribution in [-0.4, -0.2) is 117 Å². The molecule has 24 heteroatoms. The molecule has 0 saturated carbocycles. The van der Waals surface area contributed by atoms with Gasteiger partial charge in [0.15, 0.2) is 42.8 Å². The van der Waals surface area contributed by atoms with Crippen LogP contribution in [0.2, 0.25) is 0 Å². The van der Waals surface area contributed by atoms with Crippen molar-refractivity contribution < 1.29 is 36.0 Å². The molecule has 10 rings (SSSR count). The molecule has 6 N–H and O–H groups in total. The van der Waals surface area contributed by atoms with Gasteiger partial charge in [0.2, 0.25) is 35.7 Å². The molecular formula is C66H70N12O8S4. The summed E-state index contributed by atoms with van der Waals surface area (Å²) >= 11 is 3.24. The van der Waals surface area contributed by atoms with E-state index < -0.39 is 42.8 Å². The smallest absolute Gasteiger partial charge is 0.233 e. The topological polar surface area (TPSA) is 286 Å². The first kappa shape index (κ1) is 64.4. The van der Waals surface area contributed by atoms with E-state index in [1.807, 2.05) is 13.8 Å². The fraction of sp³-hybridized carbons (Fsp3) is 0.303. The summed E-state index contributed by atoms with van der Waals surface area (Å²) in [7, 11) is -7.06. The minimum absolute atomic E-state index is 0.00240. The summed E-state index contributed by atoms with van der Waals surface area (Å²) in [6.45, 7) is 9.35. The van der Waals surface area contributed by atoms with Gasteiger partial charge in [-0.25, -0.2) is 16.8 Å². The van der Waals surface area contributed by atoms with E-state index in [0.717, 1.165) is 62.9 Å². The second kappa shape index (κ2) is 29.4. The Hall–Kier alpha value is -8.58. The van der Waals surface area contributed by atoms with Crippen molar-refractivity contribution in [3.8, 4) is 11.1 Å². The number of rotatable bonds is 31. The van der Waals surface area contributed by atoms with Crippen molar-refractivity contribution in [2.24, 2.45) is 0 Å². The van der Waals surface area contributed by atoms with Crippen LogP contribution < -0.4 is 31.9 Å². The van der Waals surface area contributed by atoms with Crippen LogP contribution in [0.15, 0.2) is 131 Å². The van der Waals surface area contributed by atoms with Crippen LogP contribution in [0.5, 0.6) is 0 Å². The Bertz CT molecular complexity index is 3960. The van der Waals surface area contributed by atoms with Crippen LogP contribution in [0.4, 0.5) is 58.4 Å². The fourth-order valence-corrected chi connectivity index (χ4v) is 15.9. The first-order valence-electron chi connectivity index (χ1n) is 30.2. The number of anilines is 10. The molecule has 2 aliphatic rings. The maximum atomic E-state index is 15.2. The number of hydrogen-bond donors (Lipinski definition) is 6. The quantitative estimate of drug-likeness (QED) is 0.0220. The van der Waals surface area contributed by atoms with Gasteiger partial charge in [0.1, 0.15) is 0 Å². The lowest BCUT2D eigenvalue weighted by Gasteiger charge is -2.26. The Morgan fingerprint density at radius 3 is 1.01 bits per heavy atom. The van der Waals surface area contributed by atoms with Crippen molar-refractivity contribution in [2.45, 2.75) is 88.9 Å². The molecule has 0 atom stereocenters. The Morgan fingerprint density at radius 2 is 0.667 bits per heavy atom. The average molecular weight is 1290 g/mol. The third kappa shape index (κ3) is 14.8. The van der Waals surface area contributed by atoms with E-state index in [-0.39, 0.29) is 124 Å². The molecule has 466 valence electrons. The number of thioether (sulfide) groups is 2. The monoisotopic (exact) mass is 1290 g/mol. The highest BCUT2D eigenvalue weighted by atomic mass is 32.2. The van der Waals surface area contributed by atoms with Crippen molar-refractivity contribution in [2.75, 3.05) is 79.5 Å². The average Bonchev–Trinajstić information content (AvgIpc) is 0.734. The number of nitrogens with zero attached hydrogens (tertiary/aromatic N) is 6. The zero-order chi connectivity index (χ0) is 63.4. The van der Waals surface area contributed by atoms with Crippen LogP contribution >= 0.6 is 23.5 Å². The predicted molar refractivity (Wildman–Crippen MR) is 360 cm³/mol. The van der Waals surface area contributed by atoms with E-state index in [1.165, 1.54) is 24.3 Å². The number of ketones is 4. The molecule has 6 aromatic carbocycles. The molecule has 0 bridgehead atoms. The molecule has 0 radical (unpaired) electrons. The van der Waals surface area contributed by atoms with Crippen molar-refractivity contribution in [1.82, 2.24) is 29.9 Å². The molecule has 2 aliphatic carbocycles. The summed E-state index contributed by atoms with van der Waals surface area (Å²) in [5.41, 5.74) is 2.20. The van der Waals surface area contributed by atoms with Gasteiger partial charge in [0, 0.05) is 69.4 Å². The molecule has 0 spiro atoms. The van der Waals surface area contributed by atoms with E-state index >= 15 is 19.2 Å². The Labute approximate surface area is 532 Å². The van der Waals surface area contributed by atoms with Gasteiger partial charge in [-0.1, -0.05) is 114 Å². The van der Waals surface area contributed by atoms with Gasteiger partial charge in [-0.15, -0.1) is 0 Å². The van der Waals surface area contributed by atoms with Gasteiger partial charge < -0.3 is 31.9 Å². The van der Waals surface area contributed by atoms with Gasteiger partial charge in [-0.05, 0) is 109 Å². The normalized spacial score (nSPS) is 12.6. The Morgan fingerprint density at radius 1 is 0.344 bits per heavy atom. The number of fused-ring (bicyclic) bond motifs is 4. The van der Waals surface area contributed by atoms with Gasteiger partial charge in [-0.3, -0.25) is 19.2 Å².